The van der Waals surface area contributed by atoms with Gasteiger partial charge in [-0.1, -0.05) is 13.8 Å². The first-order chi connectivity index (χ1) is 38.7. The van der Waals surface area contributed by atoms with Crippen molar-refractivity contribution in [1.29, 1.82) is 0 Å². The molecule has 5 amide bonds. The summed E-state index contributed by atoms with van der Waals surface area (Å²) < 4.78 is 0. The summed E-state index contributed by atoms with van der Waals surface area (Å²) in [6.45, 7) is 1.86. The van der Waals surface area contributed by atoms with Crippen molar-refractivity contribution in [1.82, 2.24) is 46.3 Å². The number of aromatic nitrogens is 1. The van der Waals surface area contributed by atoms with Crippen molar-refractivity contribution in [3.8, 4) is 0 Å². The van der Waals surface area contributed by atoms with Crippen molar-refractivity contribution in [2.45, 2.75) is 109 Å². The van der Waals surface area contributed by atoms with Gasteiger partial charge in [0, 0.05) is 58.9 Å². The Hall–Kier alpha value is -8.36. The normalized spacial score (nSPS) is 16.7. The topological polar surface area (TPSA) is 489 Å². The van der Waals surface area contributed by atoms with E-state index >= 15 is 0 Å². The van der Waals surface area contributed by atoms with Crippen LogP contribution in [0.25, 0.3) is 0 Å². The fourth-order valence-corrected chi connectivity index (χ4v) is 9.34. The van der Waals surface area contributed by atoms with Crippen LogP contribution in [-0.2, 0) is 67.5 Å². The molecule has 32 nitrogen and oxygen atoms in total. The zero-order chi connectivity index (χ0) is 60.8. The van der Waals surface area contributed by atoms with Crippen molar-refractivity contribution in [2.24, 2.45) is 22.4 Å². The molecule has 0 aliphatic carbocycles. The minimum atomic E-state index is -1.81. The number of aliphatic carboxylic acids is 5. The third-order valence-electron chi connectivity index (χ3n) is 13.1. The predicted octanol–water partition coefficient (Wildman–Crippen LogP) is -5.43. The molecule has 1 aromatic carbocycles. The quantitative estimate of drug-likeness (QED) is 0.0141. The second kappa shape index (κ2) is 32.2. The lowest BCUT2D eigenvalue weighted by Gasteiger charge is -2.29. The van der Waals surface area contributed by atoms with E-state index in [2.05, 4.69) is 36.9 Å². The van der Waals surface area contributed by atoms with Gasteiger partial charge in [-0.05, 0) is 68.6 Å². The van der Waals surface area contributed by atoms with E-state index < -0.39 is 120 Å². The molecular formula is C50H74N14O18. The highest BCUT2D eigenvalue weighted by Crippen LogP contribution is 2.29. The molecule has 1 fully saturated rings. The maximum Gasteiger partial charge on any atom is 0.326 e. The van der Waals surface area contributed by atoms with Gasteiger partial charge in [0.25, 0.3) is 10.9 Å². The smallest absolute Gasteiger partial charge is 0.326 e. The Balaban J connectivity index is 1.38. The summed E-state index contributed by atoms with van der Waals surface area (Å²) in [5.41, 5.74) is 10.6. The number of fused-ring (bicyclic) bond motifs is 2. The third kappa shape index (κ3) is 21.6. The standard InChI is InChI=1S/C50H74N14O18/c1-27(2)16-32(45(77)60-34(26-65)47(79)58-31(49(81)82)7-4-10-54-50(51)52)59-46(78)33(19-37(67)68)57-36(66)20-55-48(80)35-8-5-11-64(35)42-41(43(75)44(42)76)53-9-3-6-28-17-29-21-62(24-39(71)72)14-12-61(23-38(69)70)13-15-63(25-40(73)74)22-30(18-28)56-29/h17-18,27,31-35,53,65H,3-16,19-26H2,1-2H3,(H,55,80)(H,57,66)(H,58,79)(H,59,78)(H,60,77)(H,67,68)(H,69,70)(H,71,72)(H,73,74)(H,81,82)(H4,51,52,54)/t31-,32-,33-,34-,35-/m0/s1. The van der Waals surface area contributed by atoms with Crippen LogP contribution >= 0.6 is 0 Å². The highest BCUT2D eigenvalue weighted by molar-refractivity contribution is 5.97. The summed E-state index contributed by atoms with van der Waals surface area (Å²) in [6, 6.07) is -3.92. The predicted molar refractivity (Wildman–Crippen MR) is 290 cm³/mol. The van der Waals surface area contributed by atoms with Gasteiger partial charge >= 0.3 is 29.8 Å². The summed E-state index contributed by atoms with van der Waals surface area (Å²) >= 11 is 0. The number of aliphatic imine (C=N–C) groups is 1. The van der Waals surface area contributed by atoms with Crippen LogP contribution in [0.3, 0.4) is 0 Å². The molecule has 0 radical (unpaired) electrons. The van der Waals surface area contributed by atoms with Gasteiger partial charge in [-0.2, -0.15) is 0 Å². The van der Waals surface area contributed by atoms with E-state index in [1.807, 2.05) is 0 Å². The van der Waals surface area contributed by atoms with E-state index in [0.29, 0.717) is 30.7 Å². The van der Waals surface area contributed by atoms with Crippen LogP contribution in [0.1, 0.15) is 75.7 Å². The molecule has 82 heavy (non-hydrogen) atoms. The van der Waals surface area contributed by atoms with Gasteiger partial charge in [-0.3, -0.25) is 77.4 Å². The van der Waals surface area contributed by atoms with Crippen molar-refractivity contribution < 1.29 is 78.6 Å². The third-order valence-corrected chi connectivity index (χ3v) is 13.1. The molecular weight excluding hydrogens is 1080 g/mol. The van der Waals surface area contributed by atoms with Crippen molar-refractivity contribution in [3.05, 3.63) is 49.5 Å². The number of carboxylic acids is 5. The van der Waals surface area contributed by atoms with Gasteiger partial charge in [-0.25, -0.2) is 4.79 Å². The van der Waals surface area contributed by atoms with Gasteiger partial charge in [0.05, 0.1) is 50.6 Å². The Labute approximate surface area is 469 Å². The Morgan fingerprint density at radius 2 is 1.24 bits per heavy atom. The summed E-state index contributed by atoms with van der Waals surface area (Å²) in [4.78, 5) is 166. The first-order valence-electron chi connectivity index (χ1n) is 26.5. The number of nitrogens with two attached hydrogens (primary N) is 2. The molecule has 0 unspecified atom stereocenters. The van der Waals surface area contributed by atoms with Crippen LogP contribution in [0.2, 0.25) is 0 Å². The number of hydrogen-bond acceptors (Lipinski definition) is 20. The number of pyridine rings is 1. The molecule has 16 N–H and O–H groups in total. The average molecular weight is 1160 g/mol. The second-order valence-electron chi connectivity index (χ2n) is 20.3. The van der Waals surface area contributed by atoms with Crippen molar-refractivity contribution >= 4 is 76.7 Å². The highest BCUT2D eigenvalue weighted by Gasteiger charge is 2.38. The summed E-state index contributed by atoms with van der Waals surface area (Å²) in [5, 5.41) is 72.5. The molecule has 0 spiro atoms. The molecule has 5 atom stereocenters. The molecule has 452 valence electrons. The van der Waals surface area contributed by atoms with Crippen LogP contribution in [0, 0.1) is 5.92 Å². The molecule has 2 aliphatic heterocycles. The monoisotopic (exact) mass is 1160 g/mol. The van der Waals surface area contributed by atoms with Crippen LogP contribution in [0.4, 0.5) is 11.4 Å². The fraction of sp³-hybridized carbons (Fsp3) is 0.600. The minimum Gasteiger partial charge on any atom is -0.481 e. The SMILES string of the molecule is CC(C)C[C@H](NC(=O)[C@H](CC(=O)O)NC(=O)CNC(=O)[C@@H]1CCCN1c1c(NCCCc2cc3nc(c2)CN(CC(=O)O)CCN(CC(=O)O)CCN(CC(=O)O)C3)c(=O)c1=O)C(=O)N[C@@H](CO)C(=O)N[C@@H](CCCN=C(N)N)C(=O)O. The Bertz CT molecular complexity index is 2680. The van der Waals surface area contributed by atoms with Gasteiger partial charge < -0.3 is 78.9 Å². The number of carbonyl (C=O) groups is 10. The number of anilines is 2. The Morgan fingerprint density at radius 1 is 0.695 bits per heavy atom. The summed E-state index contributed by atoms with van der Waals surface area (Å²) in [7, 11) is 0. The molecule has 4 rings (SSSR count). The molecule has 2 aromatic rings. The van der Waals surface area contributed by atoms with Crippen LogP contribution in [0.5, 0.6) is 0 Å². The Kier molecular flexibility index (Phi) is 26.0. The zero-order valence-electron chi connectivity index (χ0n) is 45.6. The van der Waals surface area contributed by atoms with Gasteiger partial charge in [-0.15, -0.1) is 0 Å². The van der Waals surface area contributed by atoms with E-state index in [0.717, 1.165) is 5.56 Å². The minimum absolute atomic E-state index is 0.0279. The number of nitrogens with zero attached hydrogens (tertiary/aromatic N) is 6. The number of carboxylic acid groups (broad SMARTS) is 5. The van der Waals surface area contributed by atoms with Crippen LogP contribution in [-0.4, -0.2) is 224 Å². The van der Waals surface area contributed by atoms with E-state index in [9.17, 15) is 88.2 Å². The second-order valence-corrected chi connectivity index (χ2v) is 20.3. The number of aryl methyl sites for hydroxylation is 1. The zero-order valence-corrected chi connectivity index (χ0v) is 45.6. The van der Waals surface area contributed by atoms with Gasteiger partial charge in [0.15, 0.2) is 5.96 Å². The summed E-state index contributed by atoms with van der Waals surface area (Å²) in [6.07, 6.45) is 0.336. The number of aliphatic hydroxyl groups excluding tert-OH is 1. The fourth-order valence-electron chi connectivity index (χ4n) is 9.34. The number of aliphatic hydroxyl groups is 1. The van der Waals surface area contributed by atoms with Crippen molar-refractivity contribution in [2.75, 3.05) is 88.8 Å². The molecule has 0 saturated carbocycles. The molecule has 2 bridgehead atoms. The number of nitrogens with one attached hydrogen (secondary N) is 6. The van der Waals surface area contributed by atoms with E-state index in [1.165, 1.54) is 4.90 Å². The van der Waals surface area contributed by atoms with E-state index in [1.54, 1.807) is 40.7 Å². The number of rotatable bonds is 32. The number of carbonyl (C=O) groups excluding carboxylic acids is 5. The molecule has 3 heterocycles. The first-order valence-corrected chi connectivity index (χ1v) is 26.5. The molecule has 32 heteroatoms. The maximum absolute atomic E-state index is 13.6. The van der Waals surface area contributed by atoms with Crippen LogP contribution < -0.4 is 59.1 Å². The van der Waals surface area contributed by atoms with Crippen molar-refractivity contribution in [3.63, 3.8) is 0 Å². The molecule has 2 aliphatic rings. The van der Waals surface area contributed by atoms with E-state index in [4.69, 9.17) is 16.5 Å². The summed E-state index contributed by atoms with van der Waals surface area (Å²) in [5.74, 6) is -11.8. The maximum atomic E-state index is 13.6. The van der Waals surface area contributed by atoms with Gasteiger partial charge in [0.1, 0.15) is 41.6 Å². The van der Waals surface area contributed by atoms with E-state index in [-0.39, 0.29) is 127 Å². The number of hydrogen-bond donors (Lipinski definition) is 14. The lowest BCUT2D eigenvalue weighted by molar-refractivity contribution is -0.143. The van der Waals surface area contributed by atoms with Gasteiger partial charge in [0.2, 0.25) is 29.5 Å². The molecule has 1 saturated heterocycles. The average Bonchev–Trinajstić information content (AvgIpc) is 4.08. The largest absolute Gasteiger partial charge is 0.481 e. The first kappa shape index (κ1) is 66.2. The molecule has 1 aromatic heterocycles. The number of amides is 5. The lowest BCUT2D eigenvalue weighted by Crippen LogP contribution is -2.59. The lowest BCUT2D eigenvalue weighted by atomic mass is 10.0. The Morgan fingerprint density at radius 3 is 1.79 bits per heavy atom. The highest BCUT2D eigenvalue weighted by atomic mass is 16.4. The number of guanidine groups is 1. The van der Waals surface area contributed by atoms with Crippen LogP contribution in [0.15, 0.2) is 26.7 Å².